The third-order valence-corrected chi connectivity index (χ3v) is 2.95. The Bertz CT molecular complexity index is 370. The summed E-state index contributed by atoms with van der Waals surface area (Å²) in [5.74, 6) is 0.969. The standard InChI is InChI=1S/C10H15N3O/c1-7-4-5-13(7)10-9(6-14)8(2)11-12(10)3/h6-7H,4-5H2,1-3H3. The molecule has 2 heterocycles. The third kappa shape index (κ3) is 1.14. The predicted octanol–water partition coefficient (Wildman–Crippen LogP) is 1.14. The number of carbonyl (C=O) groups is 1. The molecule has 0 aromatic carbocycles. The van der Waals surface area contributed by atoms with E-state index in [1.165, 1.54) is 6.42 Å². The van der Waals surface area contributed by atoms with Crippen molar-refractivity contribution in [1.29, 1.82) is 0 Å². The summed E-state index contributed by atoms with van der Waals surface area (Å²) in [7, 11) is 1.89. The number of nitrogens with zero attached hydrogens (tertiary/aromatic N) is 3. The Morgan fingerprint density at radius 1 is 1.57 bits per heavy atom. The van der Waals surface area contributed by atoms with E-state index in [1.807, 2.05) is 14.0 Å². The van der Waals surface area contributed by atoms with E-state index < -0.39 is 0 Å². The molecule has 1 aliphatic rings. The molecule has 1 aliphatic heterocycles. The molecule has 1 aromatic rings. The molecule has 0 radical (unpaired) electrons. The summed E-state index contributed by atoms with van der Waals surface area (Å²) in [4.78, 5) is 13.2. The van der Waals surface area contributed by atoms with Crippen molar-refractivity contribution < 1.29 is 4.79 Å². The number of aromatic nitrogens is 2. The average molecular weight is 193 g/mol. The van der Waals surface area contributed by atoms with Gasteiger partial charge in [-0.2, -0.15) is 5.10 Å². The van der Waals surface area contributed by atoms with E-state index in [1.54, 1.807) is 4.68 Å². The van der Waals surface area contributed by atoms with E-state index in [-0.39, 0.29) is 0 Å². The lowest BCUT2D eigenvalue weighted by molar-refractivity contribution is 0.112. The summed E-state index contributed by atoms with van der Waals surface area (Å²) in [6, 6.07) is 0.531. The Kier molecular flexibility index (Phi) is 2.06. The number of aldehydes is 1. The molecule has 76 valence electrons. The maximum atomic E-state index is 10.9. The maximum Gasteiger partial charge on any atom is 0.155 e. The summed E-state index contributed by atoms with van der Waals surface area (Å²) in [5.41, 5.74) is 1.55. The second-order valence-electron chi connectivity index (χ2n) is 3.90. The summed E-state index contributed by atoms with van der Waals surface area (Å²) in [5, 5.41) is 4.26. The van der Waals surface area contributed by atoms with Crippen molar-refractivity contribution in [3.05, 3.63) is 11.3 Å². The highest BCUT2D eigenvalue weighted by atomic mass is 16.1. The van der Waals surface area contributed by atoms with Gasteiger partial charge in [-0.05, 0) is 20.3 Å². The van der Waals surface area contributed by atoms with Crippen LogP contribution in [0.15, 0.2) is 0 Å². The molecule has 1 saturated heterocycles. The Balaban J connectivity index is 2.45. The Labute approximate surface area is 83.5 Å². The second-order valence-corrected chi connectivity index (χ2v) is 3.90. The largest absolute Gasteiger partial charge is 0.353 e. The van der Waals surface area contributed by atoms with Crippen molar-refractivity contribution in [2.24, 2.45) is 7.05 Å². The normalized spacial score (nSPS) is 20.8. The fraction of sp³-hybridized carbons (Fsp3) is 0.600. The van der Waals surface area contributed by atoms with Gasteiger partial charge in [0.1, 0.15) is 5.82 Å². The summed E-state index contributed by atoms with van der Waals surface area (Å²) in [6.45, 7) is 5.07. The van der Waals surface area contributed by atoms with Crippen LogP contribution in [0.5, 0.6) is 0 Å². The first-order valence-corrected chi connectivity index (χ1v) is 4.90. The van der Waals surface area contributed by atoms with E-state index in [2.05, 4.69) is 16.9 Å². The van der Waals surface area contributed by atoms with Gasteiger partial charge in [-0.3, -0.25) is 9.48 Å². The lowest BCUT2D eigenvalue weighted by Crippen LogP contribution is -2.47. The zero-order valence-corrected chi connectivity index (χ0v) is 8.82. The van der Waals surface area contributed by atoms with E-state index >= 15 is 0 Å². The first-order valence-electron chi connectivity index (χ1n) is 4.90. The van der Waals surface area contributed by atoms with Gasteiger partial charge in [-0.15, -0.1) is 0 Å². The van der Waals surface area contributed by atoms with Gasteiger partial charge < -0.3 is 4.90 Å². The van der Waals surface area contributed by atoms with E-state index in [9.17, 15) is 4.79 Å². The molecule has 0 aliphatic carbocycles. The van der Waals surface area contributed by atoms with Gasteiger partial charge in [0.15, 0.2) is 6.29 Å². The van der Waals surface area contributed by atoms with E-state index in [4.69, 9.17) is 0 Å². The molecule has 0 N–H and O–H groups in total. The van der Waals surface area contributed by atoms with Crippen LogP contribution in [0.4, 0.5) is 5.82 Å². The van der Waals surface area contributed by atoms with Crippen LogP contribution in [-0.4, -0.2) is 28.7 Å². The van der Waals surface area contributed by atoms with Gasteiger partial charge >= 0.3 is 0 Å². The highest BCUT2D eigenvalue weighted by Crippen LogP contribution is 2.29. The molecule has 1 atom stereocenters. The van der Waals surface area contributed by atoms with E-state index in [0.29, 0.717) is 6.04 Å². The Morgan fingerprint density at radius 3 is 2.71 bits per heavy atom. The molecule has 0 saturated carbocycles. The van der Waals surface area contributed by atoms with Crippen molar-refractivity contribution in [2.45, 2.75) is 26.3 Å². The zero-order chi connectivity index (χ0) is 10.3. The van der Waals surface area contributed by atoms with Gasteiger partial charge in [-0.25, -0.2) is 0 Å². The van der Waals surface area contributed by atoms with Crippen LogP contribution >= 0.6 is 0 Å². The topological polar surface area (TPSA) is 38.1 Å². The predicted molar refractivity (Wildman–Crippen MR) is 54.8 cm³/mol. The van der Waals surface area contributed by atoms with Crippen molar-refractivity contribution >= 4 is 12.1 Å². The van der Waals surface area contributed by atoms with Gasteiger partial charge in [-0.1, -0.05) is 0 Å². The van der Waals surface area contributed by atoms with Gasteiger partial charge in [0.2, 0.25) is 0 Å². The minimum Gasteiger partial charge on any atom is -0.353 e. The molecule has 1 aromatic heterocycles. The molecule has 0 spiro atoms. The fourth-order valence-corrected chi connectivity index (χ4v) is 1.97. The maximum absolute atomic E-state index is 10.9. The van der Waals surface area contributed by atoms with Crippen LogP contribution in [0.1, 0.15) is 29.4 Å². The van der Waals surface area contributed by atoms with E-state index in [0.717, 1.165) is 29.9 Å². The SMILES string of the molecule is Cc1nn(C)c(N2CCC2C)c1C=O. The van der Waals surface area contributed by atoms with Crippen LogP contribution in [0.25, 0.3) is 0 Å². The fourth-order valence-electron chi connectivity index (χ4n) is 1.97. The molecule has 14 heavy (non-hydrogen) atoms. The first-order chi connectivity index (χ1) is 6.65. The molecule has 4 nitrogen and oxygen atoms in total. The van der Waals surface area contributed by atoms with Crippen molar-refractivity contribution in [1.82, 2.24) is 9.78 Å². The highest BCUT2D eigenvalue weighted by molar-refractivity contribution is 5.85. The molecular formula is C10H15N3O. The molecule has 2 rings (SSSR count). The Hall–Kier alpha value is -1.32. The number of anilines is 1. The van der Waals surface area contributed by atoms with Crippen LogP contribution < -0.4 is 4.90 Å². The van der Waals surface area contributed by atoms with Gasteiger partial charge in [0.25, 0.3) is 0 Å². The van der Waals surface area contributed by atoms with Gasteiger partial charge in [0.05, 0.1) is 11.3 Å². The monoisotopic (exact) mass is 193 g/mol. The molecular weight excluding hydrogens is 178 g/mol. The van der Waals surface area contributed by atoms with Crippen molar-refractivity contribution in [2.75, 3.05) is 11.4 Å². The van der Waals surface area contributed by atoms with Gasteiger partial charge in [0, 0.05) is 19.6 Å². The molecule has 4 heteroatoms. The smallest absolute Gasteiger partial charge is 0.155 e. The number of carbonyl (C=O) groups excluding carboxylic acids is 1. The lowest BCUT2D eigenvalue weighted by atomic mass is 10.0. The molecule has 1 unspecified atom stereocenters. The molecule has 1 fully saturated rings. The average Bonchev–Trinajstić information content (AvgIpc) is 2.40. The van der Waals surface area contributed by atoms with Crippen LogP contribution in [0, 0.1) is 6.92 Å². The lowest BCUT2D eigenvalue weighted by Gasteiger charge is -2.40. The minimum atomic E-state index is 0.531. The van der Waals surface area contributed by atoms with Crippen LogP contribution in [-0.2, 0) is 7.05 Å². The minimum absolute atomic E-state index is 0.531. The number of rotatable bonds is 2. The summed E-state index contributed by atoms with van der Waals surface area (Å²) in [6.07, 6.45) is 2.10. The highest BCUT2D eigenvalue weighted by Gasteiger charge is 2.29. The summed E-state index contributed by atoms with van der Waals surface area (Å²) >= 11 is 0. The molecule has 0 amide bonds. The zero-order valence-electron chi connectivity index (χ0n) is 8.82. The third-order valence-electron chi connectivity index (χ3n) is 2.95. The van der Waals surface area contributed by atoms with Crippen LogP contribution in [0.2, 0.25) is 0 Å². The van der Waals surface area contributed by atoms with Crippen molar-refractivity contribution in [3.8, 4) is 0 Å². The van der Waals surface area contributed by atoms with Crippen LogP contribution in [0.3, 0.4) is 0 Å². The number of aryl methyl sites for hydroxylation is 2. The quantitative estimate of drug-likeness (QED) is 0.661. The number of hydrogen-bond donors (Lipinski definition) is 0. The summed E-state index contributed by atoms with van der Waals surface area (Å²) < 4.78 is 1.80. The first kappa shape index (κ1) is 9.24. The number of hydrogen-bond acceptors (Lipinski definition) is 3. The Morgan fingerprint density at radius 2 is 2.29 bits per heavy atom. The molecule has 0 bridgehead atoms. The second kappa shape index (κ2) is 3.12. The van der Waals surface area contributed by atoms with Crippen molar-refractivity contribution in [3.63, 3.8) is 0 Å².